The quantitative estimate of drug-likeness (QED) is 0.659. The first-order chi connectivity index (χ1) is 13.6. The lowest BCUT2D eigenvalue weighted by molar-refractivity contribution is -0.125. The van der Waals surface area contributed by atoms with E-state index >= 15 is 0 Å². The summed E-state index contributed by atoms with van der Waals surface area (Å²) < 4.78 is 14.0. The fourth-order valence-corrected chi connectivity index (χ4v) is 3.70. The third kappa shape index (κ3) is 3.69. The molecule has 1 unspecified atom stereocenters. The summed E-state index contributed by atoms with van der Waals surface area (Å²) in [7, 11) is 0. The van der Waals surface area contributed by atoms with Gasteiger partial charge in [-0.2, -0.15) is 0 Å². The van der Waals surface area contributed by atoms with E-state index in [1.54, 1.807) is 12.1 Å². The number of anilines is 1. The van der Waals surface area contributed by atoms with E-state index in [1.165, 1.54) is 6.07 Å². The fraction of sp³-hybridized carbons (Fsp3) is 0.208. The lowest BCUT2D eigenvalue weighted by Gasteiger charge is -2.39. The van der Waals surface area contributed by atoms with Crippen LogP contribution >= 0.6 is 0 Å². The van der Waals surface area contributed by atoms with Crippen LogP contribution in [0.15, 0.2) is 78.9 Å². The van der Waals surface area contributed by atoms with Crippen LogP contribution in [-0.2, 0) is 11.3 Å². The van der Waals surface area contributed by atoms with Gasteiger partial charge in [0.25, 0.3) is 0 Å². The Balaban J connectivity index is 1.47. The Morgan fingerprint density at radius 3 is 2.21 bits per heavy atom. The maximum Gasteiger partial charge on any atom is 0.244 e. The normalized spacial score (nSPS) is 17.7. The van der Waals surface area contributed by atoms with Gasteiger partial charge in [-0.3, -0.25) is 9.69 Å². The van der Waals surface area contributed by atoms with E-state index in [1.807, 2.05) is 65.3 Å². The lowest BCUT2D eigenvalue weighted by atomic mass is 10.0. The third-order valence-electron chi connectivity index (χ3n) is 5.40. The highest BCUT2D eigenvalue weighted by Crippen LogP contribution is 2.26. The predicted molar refractivity (Wildman–Crippen MR) is 111 cm³/mol. The molecule has 0 bridgehead atoms. The zero-order chi connectivity index (χ0) is 19.5. The van der Waals surface area contributed by atoms with Crippen LogP contribution in [0.5, 0.6) is 0 Å². The lowest BCUT2D eigenvalue weighted by Crippen LogP contribution is -2.55. The van der Waals surface area contributed by atoms with Crippen molar-refractivity contribution in [2.75, 3.05) is 18.0 Å². The molecule has 0 radical (unpaired) electrons. The molecule has 0 N–H and O–H groups in total. The van der Waals surface area contributed by atoms with Crippen molar-refractivity contribution in [3.8, 4) is 11.1 Å². The van der Waals surface area contributed by atoms with E-state index in [-0.39, 0.29) is 17.8 Å². The van der Waals surface area contributed by atoms with Crippen LogP contribution in [0.1, 0.15) is 12.5 Å². The summed E-state index contributed by atoms with van der Waals surface area (Å²) in [5, 5.41) is 0. The average molecular weight is 374 g/mol. The van der Waals surface area contributed by atoms with E-state index in [9.17, 15) is 9.18 Å². The van der Waals surface area contributed by atoms with Gasteiger partial charge in [-0.1, -0.05) is 60.7 Å². The molecular weight excluding hydrogens is 351 g/mol. The summed E-state index contributed by atoms with van der Waals surface area (Å²) in [5.74, 6) is -0.170. The molecule has 1 amide bonds. The molecule has 1 heterocycles. The van der Waals surface area contributed by atoms with Crippen LogP contribution in [0.3, 0.4) is 0 Å². The van der Waals surface area contributed by atoms with Crippen molar-refractivity contribution in [3.63, 3.8) is 0 Å². The summed E-state index contributed by atoms with van der Waals surface area (Å²) >= 11 is 0. The Bertz CT molecular complexity index is 956. The molecule has 0 spiro atoms. The number of carbonyl (C=O) groups is 1. The number of hydrogen-bond donors (Lipinski definition) is 0. The number of halogens is 1. The number of benzene rings is 3. The first-order valence-corrected chi connectivity index (χ1v) is 9.58. The number of nitrogens with zero attached hydrogens (tertiary/aromatic N) is 2. The maximum absolute atomic E-state index is 14.0. The second-order valence-electron chi connectivity index (χ2n) is 7.14. The van der Waals surface area contributed by atoms with E-state index in [2.05, 4.69) is 12.1 Å². The van der Waals surface area contributed by atoms with Gasteiger partial charge in [0.05, 0.1) is 6.04 Å². The molecular formula is C24H23FN2O. The second-order valence-corrected chi connectivity index (χ2v) is 7.14. The van der Waals surface area contributed by atoms with Crippen molar-refractivity contribution in [2.45, 2.75) is 19.5 Å². The molecule has 0 saturated carbocycles. The Labute approximate surface area is 165 Å². The van der Waals surface area contributed by atoms with Crippen molar-refractivity contribution < 1.29 is 9.18 Å². The number of carbonyl (C=O) groups excluding carboxylic acids is 1. The molecule has 4 heteroatoms. The van der Waals surface area contributed by atoms with Crippen LogP contribution in [0.2, 0.25) is 0 Å². The summed E-state index contributed by atoms with van der Waals surface area (Å²) in [6.45, 7) is 3.65. The molecule has 3 nitrogen and oxygen atoms in total. The average Bonchev–Trinajstić information content (AvgIpc) is 2.74. The first-order valence-electron chi connectivity index (χ1n) is 9.58. The predicted octanol–water partition coefficient (Wildman–Crippen LogP) is 4.73. The Kier molecular flexibility index (Phi) is 5.22. The van der Waals surface area contributed by atoms with E-state index in [0.29, 0.717) is 25.2 Å². The summed E-state index contributed by atoms with van der Waals surface area (Å²) in [6, 6.07) is 24.7. The van der Waals surface area contributed by atoms with Gasteiger partial charge >= 0.3 is 0 Å². The molecule has 0 aromatic heterocycles. The Hall–Kier alpha value is -2.98. The summed E-state index contributed by atoms with van der Waals surface area (Å²) in [5.41, 5.74) is 3.82. The number of amides is 1. The van der Waals surface area contributed by atoms with Gasteiger partial charge in [-0.05, 0) is 36.2 Å². The second kappa shape index (κ2) is 7.95. The molecule has 4 rings (SSSR count). The highest BCUT2D eigenvalue weighted by atomic mass is 19.1. The zero-order valence-electron chi connectivity index (χ0n) is 15.9. The van der Waals surface area contributed by atoms with Crippen molar-refractivity contribution in [3.05, 3.63) is 90.2 Å². The minimum Gasteiger partial charge on any atom is -0.310 e. The molecule has 142 valence electrons. The fourth-order valence-electron chi connectivity index (χ4n) is 3.70. The van der Waals surface area contributed by atoms with Gasteiger partial charge in [0, 0.05) is 30.9 Å². The molecule has 1 aliphatic rings. The molecule has 1 atom stereocenters. The minimum atomic E-state index is -0.290. The maximum atomic E-state index is 14.0. The van der Waals surface area contributed by atoms with Gasteiger partial charge < -0.3 is 4.90 Å². The SMILES string of the molecule is CC1C(=O)N(c2ccc(-c3ccccc3)cc2)CCN1Cc1ccccc1F. The Morgan fingerprint density at radius 1 is 0.857 bits per heavy atom. The van der Waals surface area contributed by atoms with Crippen LogP contribution < -0.4 is 4.90 Å². The van der Waals surface area contributed by atoms with Gasteiger partial charge in [-0.25, -0.2) is 4.39 Å². The van der Waals surface area contributed by atoms with Gasteiger partial charge in [0.15, 0.2) is 0 Å². The van der Waals surface area contributed by atoms with Crippen molar-refractivity contribution >= 4 is 11.6 Å². The topological polar surface area (TPSA) is 23.6 Å². The molecule has 1 saturated heterocycles. The van der Waals surface area contributed by atoms with Crippen molar-refractivity contribution in [1.82, 2.24) is 4.90 Å². The van der Waals surface area contributed by atoms with Crippen LogP contribution in [0.25, 0.3) is 11.1 Å². The summed E-state index contributed by atoms with van der Waals surface area (Å²) in [4.78, 5) is 16.8. The van der Waals surface area contributed by atoms with Gasteiger partial charge in [-0.15, -0.1) is 0 Å². The molecule has 0 aliphatic carbocycles. The standard InChI is InChI=1S/C24H23FN2O/c1-18-24(28)27(16-15-26(18)17-21-9-5-6-10-23(21)25)22-13-11-20(12-14-22)19-7-3-2-4-8-19/h2-14,18H,15-17H2,1H3. The summed E-state index contributed by atoms with van der Waals surface area (Å²) in [6.07, 6.45) is 0. The Morgan fingerprint density at radius 2 is 1.50 bits per heavy atom. The zero-order valence-corrected chi connectivity index (χ0v) is 15.9. The van der Waals surface area contributed by atoms with E-state index in [0.717, 1.165) is 16.8 Å². The van der Waals surface area contributed by atoms with Crippen molar-refractivity contribution in [2.24, 2.45) is 0 Å². The third-order valence-corrected chi connectivity index (χ3v) is 5.40. The molecule has 28 heavy (non-hydrogen) atoms. The number of hydrogen-bond acceptors (Lipinski definition) is 2. The van der Waals surface area contributed by atoms with Crippen molar-refractivity contribution in [1.29, 1.82) is 0 Å². The number of piperazine rings is 1. The van der Waals surface area contributed by atoms with Crippen LogP contribution in [0, 0.1) is 5.82 Å². The molecule has 1 aliphatic heterocycles. The van der Waals surface area contributed by atoms with Crippen LogP contribution in [0.4, 0.5) is 10.1 Å². The smallest absolute Gasteiger partial charge is 0.244 e. The van der Waals surface area contributed by atoms with Crippen LogP contribution in [-0.4, -0.2) is 29.9 Å². The monoisotopic (exact) mass is 374 g/mol. The van der Waals surface area contributed by atoms with E-state index in [4.69, 9.17) is 0 Å². The van der Waals surface area contributed by atoms with Gasteiger partial charge in [0.2, 0.25) is 5.91 Å². The minimum absolute atomic E-state index is 0.0510. The van der Waals surface area contributed by atoms with E-state index < -0.39 is 0 Å². The number of rotatable bonds is 4. The molecule has 3 aromatic rings. The van der Waals surface area contributed by atoms with Gasteiger partial charge in [0.1, 0.15) is 5.82 Å². The largest absolute Gasteiger partial charge is 0.310 e. The first kappa shape index (κ1) is 18.4. The highest BCUT2D eigenvalue weighted by molar-refractivity contribution is 5.97. The molecule has 1 fully saturated rings. The molecule has 3 aromatic carbocycles. The highest BCUT2D eigenvalue weighted by Gasteiger charge is 2.32.